The SMILES string of the molecule is CCS(=O)(=O)[C@](N)(C(=O)Nc1ccccc1-c1ccc(O[Si](c2ccccc2)(c2ccccc2)C(C)(C)C)c(OC)c1)C(C)C. The molecule has 7 nitrogen and oxygen atoms in total. The van der Waals surface area contributed by atoms with Gasteiger partial charge in [0.1, 0.15) is 5.75 Å². The Hall–Kier alpha value is -3.92. The zero-order chi connectivity index (χ0) is 33.0. The Balaban J connectivity index is 1.81. The summed E-state index contributed by atoms with van der Waals surface area (Å²) in [5.74, 6) is -0.531. The molecule has 9 heteroatoms. The molecule has 0 saturated carbocycles. The van der Waals surface area contributed by atoms with Gasteiger partial charge in [0.15, 0.2) is 15.6 Å². The maximum Gasteiger partial charge on any atom is 0.320 e. The van der Waals surface area contributed by atoms with Crippen LogP contribution >= 0.6 is 0 Å². The lowest BCUT2D eigenvalue weighted by molar-refractivity contribution is -0.119. The van der Waals surface area contributed by atoms with E-state index in [0.29, 0.717) is 22.7 Å². The van der Waals surface area contributed by atoms with Crippen molar-refractivity contribution in [3.8, 4) is 22.6 Å². The van der Waals surface area contributed by atoms with Crippen molar-refractivity contribution in [1.82, 2.24) is 0 Å². The van der Waals surface area contributed by atoms with Gasteiger partial charge in [-0.25, -0.2) is 8.42 Å². The van der Waals surface area contributed by atoms with Crippen LogP contribution in [0.15, 0.2) is 103 Å². The van der Waals surface area contributed by atoms with Gasteiger partial charge in [-0.05, 0) is 45.1 Å². The lowest BCUT2D eigenvalue weighted by Gasteiger charge is -2.43. The van der Waals surface area contributed by atoms with Gasteiger partial charge in [-0.3, -0.25) is 4.79 Å². The van der Waals surface area contributed by atoms with Crippen LogP contribution in [0.5, 0.6) is 11.5 Å². The smallest absolute Gasteiger partial charge is 0.320 e. The molecule has 0 bridgehead atoms. The molecule has 0 spiro atoms. The number of hydrogen-bond donors (Lipinski definition) is 2. The van der Waals surface area contributed by atoms with Crippen LogP contribution in [0, 0.1) is 5.92 Å². The second-order valence-corrected chi connectivity index (χ2v) is 19.2. The monoisotopic (exact) mass is 644 g/mol. The third-order valence-electron chi connectivity index (χ3n) is 8.44. The van der Waals surface area contributed by atoms with Crippen molar-refractivity contribution in [2.75, 3.05) is 18.2 Å². The number of rotatable bonds is 11. The van der Waals surface area contributed by atoms with Gasteiger partial charge in [-0.2, -0.15) is 0 Å². The highest BCUT2D eigenvalue weighted by Crippen LogP contribution is 2.42. The van der Waals surface area contributed by atoms with E-state index in [-0.39, 0.29) is 10.8 Å². The number of para-hydroxylation sites is 1. The highest BCUT2D eigenvalue weighted by molar-refractivity contribution is 7.93. The summed E-state index contributed by atoms with van der Waals surface area (Å²) in [5, 5.41) is 4.84. The molecule has 0 aromatic heterocycles. The molecule has 45 heavy (non-hydrogen) atoms. The molecule has 0 aliphatic carbocycles. The van der Waals surface area contributed by atoms with Crippen LogP contribution in [-0.4, -0.2) is 40.4 Å². The van der Waals surface area contributed by atoms with Crippen LogP contribution in [0.2, 0.25) is 5.04 Å². The molecule has 0 unspecified atom stereocenters. The molecule has 238 valence electrons. The molecular formula is C36H44N2O5SSi. The number of methoxy groups -OCH3 is 1. The first-order valence-corrected chi connectivity index (χ1v) is 18.7. The molecule has 0 fully saturated rings. The molecular weight excluding hydrogens is 601 g/mol. The lowest BCUT2D eigenvalue weighted by atomic mass is 10.0. The standard InChI is InChI=1S/C36H44N2O5SSi/c1-8-44(40,41)36(37,26(2)3)34(39)38-31-22-16-15-21-30(31)27-23-24-32(33(25-27)42-7)43-45(35(4,5)6,28-17-11-9-12-18-28)29-19-13-10-14-20-29/h9-26H,8,37H2,1-7H3,(H,38,39)/t36-/m0/s1. The minimum Gasteiger partial charge on any atom is -0.531 e. The minimum absolute atomic E-state index is 0.249. The first-order chi connectivity index (χ1) is 21.2. The topological polar surface area (TPSA) is 108 Å². The number of carbonyl (C=O) groups excluding carboxylic acids is 1. The van der Waals surface area contributed by atoms with Gasteiger partial charge in [0.25, 0.3) is 5.91 Å². The first kappa shape index (κ1) is 34.0. The van der Waals surface area contributed by atoms with Gasteiger partial charge in [0.05, 0.1) is 7.11 Å². The van der Waals surface area contributed by atoms with Crippen LogP contribution in [0.4, 0.5) is 5.69 Å². The highest BCUT2D eigenvalue weighted by atomic mass is 32.2. The largest absolute Gasteiger partial charge is 0.531 e. The summed E-state index contributed by atoms with van der Waals surface area (Å²) in [6.45, 7) is 11.4. The molecule has 0 saturated heterocycles. The van der Waals surface area contributed by atoms with E-state index in [2.05, 4.69) is 50.4 Å². The minimum atomic E-state index is -3.91. The fourth-order valence-electron chi connectivity index (χ4n) is 5.80. The summed E-state index contributed by atoms with van der Waals surface area (Å²) in [6.07, 6.45) is 0. The number of anilines is 1. The molecule has 1 amide bonds. The number of hydrogen-bond acceptors (Lipinski definition) is 6. The maximum atomic E-state index is 13.5. The van der Waals surface area contributed by atoms with Crippen LogP contribution in [0.25, 0.3) is 11.1 Å². The van der Waals surface area contributed by atoms with Crippen molar-refractivity contribution < 1.29 is 22.4 Å². The van der Waals surface area contributed by atoms with E-state index >= 15 is 0 Å². The summed E-state index contributed by atoms with van der Waals surface area (Å²) in [7, 11) is -5.24. The Labute approximate surface area is 268 Å². The number of sulfone groups is 1. The Morgan fingerprint density at radius 3 is 1.87 bits per heavy atom. The quantitative estimate of drug-likeness (QED) is 0.195. The molecule has 0 aliphatic rings. The number of carbonyl (C=O) groups is 1. The van der Waals surface area contributed by atoms with E-state index < -0.39 is 34.9 Å². The van der Waals surface area contributed by atoms with Crippen molar-refractivity contribution in [3.63, 3.8) is 0 Å². The summed E-state index contributed by atoms with van der Waals surface area (Å²) >= 11 is 0. The van der Waals surface area contributed by atoms with Crippen molar-refractivity contribution in [1.29, 1.82) is 0 Å². The van der Waals surface area contributed by atoms with Crippen molar-refractivity contribution in [3.05, 3.63) is 103 Å². The molecule has 0 aliphatic heterocycles. The second-order valence-electron chi connectivity index (χ2n) is 12.5. The predicted molar refractivity (Wildman–Crippen MR) is 187 cm³/mol. The molecule has 4 aromatic rings. The summed E-state index contributed by atoms with van der Waals surface area (Å²) < 4.78 is 39.0. The Bertz CT molecular complexity index is 1700. The van der Waals surface area contributed by atoms with Gasteiger partial charge in [-0.15, -0.1) is 0 Å². The average molecular weight is 645 g/mol. The number of nitrogens with one attached hydrogen (secondary N) is 1. The molecule has 4 rings (SSSR count). The summed E-state index contributed by atoms with van der Waals surface area (Å²) in [6, 6.07) is 33.6. The lowest BCUT2D eigenvalue weighted by Crippen LogP contribution is -2.68. The predicted octanol–water partition coefficient (Wildman–Crippen LogP) is 5.99. The van der Waals surface area contributed by atoms with E-state index in [1.807, 2.05) is 66.7 Å². The molecule has 3 N–H and O–H groups in total. The Kier molecular flexibility index (Phi) is 9.97. The summed E-state index contributed by atoms with van der Waals surface area (Å²) in [4.78, 5) is 11.4. The van der Waals surface area contributed by atoms with Crippen molar-refractivity contribution in [2.24, 2.45) is 11.7 Å². The van der Waals surface area contributed by atoms with Crippen molar-refractivity contribution >= 4 is 40.1 Å². The number of amides is 1. The Morgan fingerprint density at radius 1 is 0.844 bits per heavy atom. The third-order valence-corrected chi connectivity index (χ3v) is 15.8. The summed E-state index contributed by atoms with van der Waals surface area (Å²) in [5.41, 5.74) is 8.20. The molecule has 0 radical (unpaired) electrons. The number of ether oxygens (including phenoxy) is 1. The van der Waals surface area contributed by atoms with E-state index in [4.69, 9.17) is 14.9 Å². The zero-order valence-corrected chi connectivity index (χ0v) is 28.9. The van der Waals surface area contributed by atoms with E-state index in [0.717, 1.165) is 15.9 Å². The third kappa shape index (κ3) is 6.29. The highest BCUT2D eigenvalue weighted by Gasteiger charge is 2.52. The average Bonchev–Trinajstić information content (AvgIpc) is 3.03. The van der Waals surface area contributed by atoms with Gasteiger partial charge in [0, 0.05) is 17.0 Å². The van der Waals surface area contributed by atoms with Crippen LogP contribution in [0.1, 0.15) is 41.5 Å². The van der Waals surface area contributed by atoms with Gasteiger partial charge < -0.3 is 20.2 Å². The fraction of sp³-hybridized carbons (Fsp3) is 0.306. The fourth-order valence-corrected chi connectivity index (χ4v) is 11.8. The zero-order valence-electron chi connectivity index (χ0n) is 27.1. The number of nitrogens with two attached hydrogens (primary N) is 1. The second kappa shape index (κ2) is 13.2. The maximum absolute atomic E-state index is 13.5. The van der Waals surface area contributed by atoms with Gasteiger partial charge in [-0.1, -0.05) is 126 Å². The molecule has 0 heterocycles. The van der Waals surface area contributed by atoms with E-state index in [9.17, 15) is 13.2 Å². The van der Waals surface area contributed by atoms with Gasteiger partial charge >= 0.3 is 8.32 Å². The van der Waals surface area contributed by atoms with E-state index in [1.54, 1.807) is 33.1 Å². The van der Waals surface area contributed by atoms with Gasteiger partial charge in [0.2, 0.25) is 4.87 Å². The van der Waals surface area contributed by atoms with E-state index in [1.165, 1.54) is 6.92 Å². The van der Waals surface area contributed by atoms with Crippen LogP contribution in [0.3, 0.4) is 0 Å². The normalized spacial score (nSPS) is 13.6. The number of benzene rings is 4. The molecule has 1 atom stereocenters. The van der Waals surface area contributed by atoms with Crippen LogP contribution in [-0.2, 0) is 14.6 Å². The molecule has 4 aromatic carbocycles. The Morgan fingerprint density at radius 2 is 1.38 bits per heavy atom. The first-order valence-electron chi connectivity index (χ1n) is 15.1. The van der Waals surface area contributed by atoms with Crippen LogP contribution < -0.4 is 30.6 Å². The van der Waals surface area contributed by atoms with Crippen molar-refractivity contribution in [2.45, 2.75) is 51.5 Å².